The first kappa shape index (κ1) is 13.7. The third kappa shape index (κ3) is 3.17. The van der Waals surface area contributed by atoms with Gasteiger partial charge in [-0.05, 0) is 18.2 Å². The summed E-state index contributed by atoms with van der Waals surface area (Å²) in [6.07, 6.45) is 1.88. The molecule has 0 saturated carbocycles. The van der Waals surface area contributed by atoms with E-state index in [1.165, 1.54) is 6.07 Å². The molecule has 5 heteroatoms. The van der Waals surface area contributed by atoms with Gasteiger partial charge in [-0.3, -0.25) is 4.68 Å². The average molecular weight is 265 g/mol. The minimum Gasteiger partial charge on any atom is -0.310 e. The van der Waals surface area contributed by atoms with E-state index in [1.54, 1.807) is 10.7 Å². The molecule has 0 radical (unpaired) electrons. The minimum atomic E-state index is -0.856. The van der Waals surface area contributed by atoms with Crippen molar-refractivity contribution in [1.82, 2.24) is 15.1 Å². The van der Waals surface area contributed by atoms with Crippen molar-refractivity contribution in [2.24, 2.45) is 7.05 Å². The predicted molar refractivity (Wildman–Crippen MR) is 70.5 cm³/mol. The Labute approximate surface area is 111 Å². The standard InChI is InChI=1S/C14H17F2N3/c1-9(2)17-7-11-8-19(3)18-14(11)10-4-5-12(15)13(16)6-10/h4-6,8-9,17H,7H2,1-3H3. The molecule has 0 saturated heterocycles. The molecule has 1 N–H and O–H groups in total. The van der Waals surface area contributed by atoms with Crippen LogP contribution in [0.2, 0.25) is 0 Å². The van der Waals surface area contributed by atoms with Crippen molar-refractivity contribution < 1.29 is 8.78 Å². The number of benzene rings is 1. The number of aryl methyl sites for hydroxylation is 1. The number of aromatic nitrogens is 2. The van der Waals surface area contributed by atoms with Crippen LogP contribution in [0.25, 0.3) is 11.3 Å². The number of hydrogen-bond acceptors (Lipinski definition) is 2. The molecule has 1 aromatic heterocycles. The molecule has 0 atom stereocenters. The normalized spacial score (nSPS) is 11.3. The summed E-state index contributed by atoms with van der Waals surface area (Å²) in [4.78, 5) is 0. The second-order valence-electron chi connectivity index (χ2n) is 4.84. The van der Waals surface area contributed by atoms with E-state index >= 15 is 0 Å². The lowest BCUT2D eigenvalue weighted by Gasteiger charge is -2.08. The molecule has 2 aromatic rings. The first-order valence-corrected chi connectivity index (χ1v) is 6.18. The van der Waals surface area contributed by atoms with Gasteiger partial charge in [-0.1, -0.05) is 13.8 Å². The average Bonchev–Trinajstić information content (AvgIpc) is 2.71. The maximum atomic E-state index is 13.3. The molecule has 0 aliphatic heterocycles. The molecule has 3 nitrogen and oxygen atoms in total. The zero-order valence-electron chi connectivity index (χ0n) is 11.2. The van der Waals surface area contributed by atoms with Crippen LogP contribution in [-0.2, 0) is 13.6 Å². The molecule has 1 aromatic carbocycles. The number of rotatable bonds is 4. The largest absolute Gasteiger partial charge is 0.310 e. The van der Waals surface area contributed by atoms with Gasteiger partial charge in [-0.25, -0.2) is 8.78 Å². The van der Waals surface area contributed by atoms with E-state index in [4.69, 9.17) is 0 Å². The molecule has 0 bridgehead atoms. The van der Waals surface area contributed by atoms with Crippen LogP contribution in [0.3, 0.4) is 0 Å². The molecule has 0 aliphatic carbocycles. The molecule has 0 fully saturated rings. The highest BCUT2D eigenvalue weighted by atomic mass is 19.2. The van der Waals surface area contributed by atoms with E-state index in [0.29, 0.717) is 23.8 Å². The molecule has 0 aliphatic rings. The van der Waals surface area contributed by atoms with Gasteiger partial charge in [0.25, 0.3) is 0 Å². The number of nitrogens with zero attached hydrogens (tertiary/aromatic N) is 2. The Morgan fingerprint density at radius 2 is 2.00 bits per heavy atom. The lowest BCUT2D eigenvalue weighted by Crippen LogP contribution is -2.21. The second-order valence-corrected chi connectivity index (χ2v) is 4.84. The summed E-state index contributed by atoms with van der Waals surface area (Å²) in [5, 5.41) is 7.61. The van der Waals surface area contributed by atoms with Crippen molar-refractivity contribution >= 4 is 0 Å². The third-order valence-corrected chi connectivity index (χ3v) is 2.80. The van der Waals surface area contributed by atoms with Crippen molar-refractivity contribution in [2.45, 2.75) is 26.4 Å². The maximum absolute atomic E-state index is 13.3. The van der Waals surface area contributed by atoms with Gasteiger partial charge in [-0.2, -0.15) is 5.10 Å². The monoisotopic (exact) mass is 265 g/mol. The molecule has 102 valence electrons. The lowest BCUT2D eigenvalue weighted by atomic mass is 10.1. The Hall–Kier alpha value is -1.75. The van der Waals surface area contributed by atoms with Crippen LogP contribution in [-0.4, -0.2) is 15.8 Å². The highest BCUT2D eigenvalue weighted by Gasteiger charge is 2.12. The number of hydrogen-bond donors (Lipinski definition) is 1. The highest BCUT2D eigenvalue weighted by molar-refractivity contribution is 5.62. The third-order valence-electron chi connectivity index (χ3n) is 2.80. The van der Waals surface area contributed by atoms with Crippen molar-refractivity contribution in [3.8, 4) is 11.3 Å². The molecule has 19 heavy (non-hydrogen) atoms. The van der Waals surface area contributed by atoms with E-state index in [-0.39, 0.29) is 0 Å². The van der Waals surface area contributed by atoms with Gasteiger partial charge in [0, 0.05) is 37.0 Å². The topological polar surface area (TPSA) is 29.9 Å². The van der Waals surface area contributed by atoms with Crippen LogP contribution >= 0.6 is 0 Å². The Morgan fingerprint density at radius 3 is 2.63 bits per heavy atom. The van der Waals surface area contributed by atoms with Crippen LogP contribution in [0.4, 0.5) is 8.78 Å². The molecule has 0 amide bonds. The minimum absolute atomic E-state index is 0.345. The van der Waals surface area contributed by atoms with Gasteiger partial charge in [-0.15, -0.1) is 0 Å². The molecule has 2 rings (SSSR count). The Kier molecular flexibility index (Phi) is 3.95. The van der Waals surface area contributed by atoms with Gasteiger partial charge in [0.2, 0.25) is 0 Å². The van der Waals surface area contributed by atoms with Crippen LogP contribution < -0.4 is 5.32 Å². The van der Waals surface area contributed by atoms with E-state index < -0.39 is 11.6 Å². The van der Waals surface area contributed by atoms with Crippen LogP contribution in [0.15, 0.2) is 24.4 Å². The smallest absolute Gasteiger partial charge is 0.159 e. The van der Waals surface area contributed by atoms with Crippen molar-refractivity contribution in [1.29, 1.82) is 0 Å². The highest BCUT2D eigenvalue weighted by Crippen LogP contribution is 2.23. The summed E-state index contributed by atoms with van der Waals surface area (Å²) < 4.78 is 27.9. The second kappa shape index (κ2) is 5.48. The van der Waals surface area contributed by atoms with E-state index in [9.17, 15) is 8.78 Å². The van der Waals surface area contributed by atoms with Gasteiger partial charge >= 0.3 is 0 Å². The number of nitrogens with one attached hydrogen (secondary N) is 1. The van der Waals surface area contributed by atoms with Gasteiger partial charge in [0.1, 0.15) is 0 Å². The van der Waals surface area contributed by atoms with Crippen molar-refractivity contribution in [3.63, 3.8) is 0 Å². The first-order valence-electron chi connectivity index (χ1n) is 6.18. The first-order chi connectivity index (χ1) is 8.97. The van der Waals surface area contributed by atoms with Crippen LogP contribution in [0.1, 0.15) is 19.4 Å². The SMILES string of the molecule is CC(C)NCc1cn(C)nc1-c1ccc(F)c(F)c1. The Morgan fingerprint density at radius 1 is 1.26 bits per heavy atom. The van der Waals surface area contributed by atoms with Crippen molar-refractivity contribution in [3.05, 3.63) is 41.6 Å². The van der Waals surface area contributed by atoms with Crippen LogP contribution in [0.5, 0.6) is 0 Å². The van der Waals surface area contributed by atoms with Crippen LogP contribution in [0, 0.1) is 11.6 Å². The fraction of sp³-hybridized carbons (Fsp3) is 0.357. The van der Waals surface area contributed by atoms with E-state index in [1.807, 2.05) is 27.1 Å². The molecule has 0 spiro atoms. The van der Waals surface area contributed by atoms with Crippen molar-refractivity contribution in [2.75, 3.05) is 0 Å². The predicted octanol–water partition coefficient (Wildman–Crippen LogP) is 2.86. The summed E-state index contributed by atoms with van der Waals surface area (Å²) in [6, 6.07) is 4.19. The molecular weight excluding hydrogens is 248 g/mol. The zero-order valence-corrected chi connectivity index (χ0v) is 11.2. The van der Waals surface area contributed by atoms with Gasteiger partial charge in [0.05, 0.1) is 5.69 Å². The quantitative estimate of drug-likeness (QED) is 0.921. The summed E-state index contributed by atoms with van der Waals surface area (Å²) in [7, 11) is 1.81. The van der Waals surface area contributed by atoms with Gasteiger partial charge < -0.3 is 5.32 Å². The number of halogens is 2. The molecular formula is C14H17F2N3. The summed E-state index contributed by atoms with van der Waals surface area (Å²) in [5.74, 6) is -1.70. The maximum Gasteiger partial charge on any atom is 0.159 e. The summed E-state index contributed by atoms with van der Waals surface area (Å²) in [6.45, 7) is 4.74. The van der Waals surface area contributed by atoms with Gasteiger partial charge in [0.15, 0.2) is 11.6 Å². The fourth-order valence-corrected chi connectivity index (χ4v) is 1.87. The van der Waals surface area contributed by atoms with E-state index in [2.05, 4.69) is 10.4 Å². The zero-order chi connectivity index (χ0) is 14.0. The summed E-state index contributed by atoms with van der Waals surface area (Å²) >= 11 is 0. The lowest BCUT2D eigenvalue weighted by molar-refractivity contribution is 0.509. The Balaban J connectivity index is 2.35. The Bertz CT molecular complexity index is 576. The summed E-state index contributed by atoms with van der Waals surface area (Å²) in [5.41, 5.74) is 2.22. The molecule has 0 unspecified atom stereocenters. The van der Waals surface area contributed by atoms with E-state index in [0.717, 1.165) is 11.6 Å². The fourth-order valence-electron chi connectivity index (χ4n) is 1.87. The molecule has 1 heterocycles.